The highest BCUT2D eigenvalue weighted by molar-refractivity contribution is 6.30. The van der Waals surface area contributed by atoms with Crippen LogP contribution >= 0.6 is 11.6 Å². The van der Waals surface area contributed by atoms with Crippen LogP contribution in [0.1, 0.15) is 11.7 Å². The summed E-state index contributed by atoms with van der Waals surface area (Å²) < 4.78 is 10.4. The van der Waals surface area contributed by atoms with Gasteiger partial charge in [0.1, 0.15) is 18.5 Å². The van der Waals surface area contributed by atoms with E-state index in [0.717, 1.165) is 0 Å². The minimum atomic E-state index is -0.939. The highest BCUT2D eigenvalue weighted by atomic mass is 35.5. The molecular formula is C15H14ClNO5. The highest BCUT2D eigenvalue weighted by Gasteiger charge is 2.17. The van der Waals surface area contributed by atoms with Gasteiger partial charge in [-0.05, 0) is 29.8 Å². The molecule has 0 aliphatic rings. The average molecular weight is 324 g/mol. The predicted molar refractivity (Wildman–Crippen MR) is 81.6 cm³/mol. The van der Waals surface area contributed by atoms with Crippen LogP contribution in [0.3, 0.4) is 0 Å². The second kappa shape index (κ2) is 7.11. The minimum Gasteiger partial charge on any atom is -0.497 e. The van der Waals surface area contributed by atoms with E-state index in [4.69, 9.17) is 21.1 Å². The average Bonchev–Trinajstić information content (AvgIpc) is 2.53. The van der Waals surface area contributed by atoms with Gasteiger partial charge < -0.3 is 14.6 Å². The molecule has 0 fully saturated rings. The molecule has 116 valence electrons. The summed E-state index contributed by atoms with van der Waals surface area (Å²) in [7, 11) is 1.53. The normalized spacial score (nSPS) is 11.8. The molecule has 0 heterocycles. The summed E-state index contributed by atoms with van der Waals surface area (Å²) in [5, 5.41) is 21.3. The van der Waals surface area contributed by atoms with Gasteiger partial charge in [-0.15, -0.1) is 0 Å². The van der Waals surface area contributed by atoms with Gasteiger partial charge in [-0.25, -0.2) is 0 Å². The molecule has 1 unspecified atom stereocenters. The van der Waals surface area contributed by atoms with Gasteiger partial charge >= 0.3 is 5.69 Å². The Morgan fingerprint density at radius 2 is 2.09 bits per heavy atom. The van der Waals surface area contributed by atoms with Crippen LogP contribution in [0.4, 0.5) is 5.69 Å². The topological polar surface area (TPSA) is 81.8 Å². The first-order valence-corrected chi connectivity index (χ1v) is 6.78. The maximum absolute atomic E-state index is 11.0. The molecule has 2 aromatic carbocycles. The molecule has 0 aromatic heterocycles. The van der Waals surface area contributed by atoms with Crippen molar-refractivity contribution in [3.05, 3.63) is 63.2 Å². The van der Waals surface area contributed by atoms with Gasteiger partial charge in [0.15, 0.2) is 5.75 Å². The van der Waals surface area contributed by atoms with Crippen LogP contribution in [0.5, 0.6) is 11.5 Å². The largest absolute Gasteiger partial charge is 0.497 e. The van der Waals surface area contributed by atoms with Gasteiger partial charge in [0.25, 0.3) is 0 Å². The second-order valence-electron chi connectivity index (χ2n) is 4.47. The van der Waals surface area contributed by atoms with E-state index in [2.05, 4.69) is 0 Å². The van der Waals surface area contributed by atoms with Gasteiger partial charge in [0.2, 0.25) is 0 Å². The van der Waals surface area contributed by atoms with Crippen molar-refractivity contribution in [1.29, 1.82) is 0 Å². The van der Waals surface area contributed by atoms with E-state index >= 15 is 0 Å². The van der Waals surface area contributed by atoms with Gasteiger partial charge in [0, 0.05) is 11.1 Å². The minimum absolute atomic E-state index is 0.0522. The molecule has 2 rings (SSSR count). The molecule has 0 spiro atoms. The molecule has 0 saturated carbocycles. The lowest BCUT2D eigenvalue weighted by atomic mass is 10.1. The smallest absolute Gasteiger partial charge is 0.312 e. The zero-order valence-electron chi connectivity index (χ0n) is 11.7. The monoisotopic (exact) mass is 323 g/mol. The van der Waals surface area contributed by atoms with Crippen molar-refractivity contribution < 1.29 is 19.5 Å². The van der Waals surface area contributed by atoms with Crippen LogP contribution in [0, 0.1) is 10.1 Å². The third kappa shape index (κ3) is 3.87. The molecule has 1 atom stereocenters. The summed E-state index contributed by atoms with van der Waals surface area (Å²) >= 11 is 5.73. The first-order chi connectivity index (χ1) is 10.5. The van der Waals surface area contributed by atoms with Crippen LogP contribution < -0.4 is 9.47 Å². The SMILES string of the molecule is COc1cccc(C(O)COc2ccc(Cl)cc2[N+](=O)[O-])c1. The second-order valence-corrected chi connectivity index (χ2v) is 4.91. The lowest BCUT2D eigenvalue weighted by Crippen LogP contribution is -2.10. The summed E-state index contributed by atoms with van der Waals surface area (Å²) in [6.07, 6.45) is -0.939. The van der Waals surface area contributed by atoms with Crippen molar-refractivity contribution in [1.82, 2.24) is 0 Å². The predicted octanol–water partition coefficient (Wildman–Crippen LogP) is 3.37. The molecule has 22 heavy (non-hydrogen) atoms. The van der Waals surface area contributed by atoms with Crippen molar-refractivity contribution in [3.8, 4) is 11.5 Å². The molecule has 0 amide bonds. The Kier molecular flexibility index (Phi) is 5.19. The van der Waals surface area contributed by atoms with E-state index in [9.17, 15) is 15.2 Å². The van der Waals surface area contributed by atoms with Crippen LogP contribution in [-0.4, -0.2) is 23.7 Å². The highest BCUT2D eigenvalue weighted by Crippen LogP contribution is 2.30. The Morgan fingerprint density at radius 1 is 1.32 bits per heavy atom. The Balaban J connectivity index is 2.11. The molecule has 6 nitrogen and oxygen atoms in total. The molecule has 0 saturated heterocycles. The van der Waals surface area contributed by atoms with Gasteiger partial charge in [-0.3, -0.25) is 10.1 Å². The van der Waals surface area contributed by atoms with Crippen molar-refractivity contribution >= 4 is 17.3 Å². The first kappa shape index (κ1) is 16.1. The zero-order valence-corrected chi connectivity index (χ0v) is 12.5. The lowest BCUT2D eigenvalue weighted by molar-refractivity contribution is -0.385. The Labute approximate surface area is 132 Å². The van der Waals surface area contributed by atoms with Crippen LogP contribution in [0.25, 0.3) is 0 Å². The third-order valence-electron chi connectivity index (χ3n) is 2.99. The van der Waals surface area contributed by atoms with Crippen LogP contribution in [0.15, 0.2) is 42.5 Å². The Morgan fingerprint density at radius 3 is 2.77 bits per heavy atom. The molecule has 7 heteroatoms. The number of hydrogen-bond donors (Lipinski definition) is 1. The van der Waals surface area contributed by atoms with E-state index < -0.39 is 11.0 Å². The number of nitro benzene ring substituents is 1. The zero-order chi connectivity index (χ0) is 16.1. The summed E-state index contributed by atoms with van der Waals surface area (Å²) in [6.45, 7) is -0.129. The fourth-order valence-electron chi connectivity index (χ4n) is 1.87. The van der Waals surface area contributed by atoms with Gasteiger partial charge in [-0.1, -0.05) is 23.7 Å². The number of nitro groups is 1. The molecular weight excluding hydrogens is 310 g/mol. The summed E-state index contributed by atoms with van der Waals surface area (Å²) in [5.74, 6) is 0.658. The molecule has 0 aliphatic carbocycles. The van der Waals surface area contributed by atoms with E-state index in [1.807, 2.05) is 0 Å². The summed E-state index contributed by atoms with van der Waals surface area (Å²) in [5.41, 5.74) is 0.348. The van der Waals surface area contributed by atoms with E-state index in [-0.39, 0.29) is 23.1 Å². The Hall–Kier alpha value is -2.31. The fourth-order valence-corrected chi connectivity index (χ4v) is 2.04. The Bertz CT molecular complexity index is 677. The standard InChI is InChI=1S/C15H14ClNO5/c1-21-12-4-2-3-10(7-12)14(18)9-22-15-6-5-11(16)8-13(15)17(19)20/h2-8,14,18H,9H2,1H3. The number of rotatable bonds is 6. The molecule has 0 aliphatic heterocycles. The molecule has 0 bridgehead atoms. The third-order valence-corrected chi connectivity index (χ3v) is 3.23. The van der Waals surface area contributed by atoms with E-state index in [1.165, 1.54) is 25.3 Å². The van der Waals surface area contributed by atoms with Gasteiger partial charge in [0.05, 0.1) is 12.0 Å². The number of aliphatic hydroxyl groups is 1. The first-order valence-electron chi connectivity index (χ1n) is 6.40. The number of nitrogens with zero attached hydrogens (tertiary/aromatic N) is 1. The van der Waals surface area contributed by atoms with Crippen molar-refractivity contribution in [2.24, 2.45) is 0 Å². The number of hydrogen-bond acceptors (Lipinski definition) is 5. The number of halogens is 1. The number of ether oxygens (including phenoxy) is 2. The summed E-state index contributed by atoms with van der Waals surface area (Å²) in [4.78, 5) is 10.4. The maximum atomic E-state index is 11.0. The van der Waals surface area contributed by atoms with E-state index in [0.29, 0.717) is 11.3 Å². The molecule has 0 radical (unpaired) electrons. The maximum Gasteiger partial charge on any atom is 0.312 e. The molecule has 2 aromatic rings. The lowest BCUT2D eigenvalue weighted by Gasteiger charge is -2.13. The van der Waals surface area contributed by atoms with E-state index in [1.54, 1.807) is 24.3 Å². The fraction of sp³-hybridized carbons (Fsp3) is 0.200. The van der Waals surface area contributed by atoms with Crippen LogP contribution in [-0.2, 0) is 0 Å². The van der Waals surface area contributed by atoms with Gasteiger partial charge in [-0.2, -0.15) is 0 Å². The van der Waals surface area contributed by atoms with Crippen molar-refractivity contribution in [2.45, 2.75) is 6.10 Å². The van der Waals surface area contributed by atoms with Crippen LogP contribution in [0.2, 0.25) is 5.02 Å². The van der Waals surface area contributed by atoms with Crippen molar-refractivity contribution in [2.75, 3.05) is 13.7 Å². The quantitative estimate of drug-likeness (QED) is 0.651. The number of aliphatic hydroxyl groups excluding tert-OH is 1. The van der Waals surface area contributed by atoms with Crippen molar-refractivity contribution in [3.63, 3.8) is 0 Å². The number of benzene rings is 2. The summed E-state index contributed by atoms with van der Waals surface area (Å²) in [6, 6.07) is 11.0. The molecule has 1 N–H and O–H groups in total. The number of methoxy groups -OCH3 is 1.